The van der Waals surface area contributed by atoms with Crippen LogP contribution in [0.4, 0.5) is 0 Å². The highest BCUT2D eigenvalue weighted by atomic mass is 16.3. The lowest BCUT2D eigenvalue weighted by molar-refractivity contribution is 0.669. The average molecular weight is 614 g/mol. The maximum absolute atomic E-state index is 6.97. The zero-order chi connectivity index (χ0) is 31.7. The Balaban J connectivity index is 1.49. The first kappa shape index (κ1) is 26.8. The number of nitrogens with zero attached hydrogens (tertiary/aromatic N) is 3. The Hall–Kier alpha value is -6.39. The van der Waals surface area contributed by atoms with E-state index >= 15 is 0 Å². The second kappa shape index (κ2) is 10.3. The average Bonchev–Trinajstić information content (AvgIpc) is 3.70. The van der Waals surface area contributed by atoms with E-state index in [-0.39, 0.29) is 0 Å². The van der Waals surface area contributed by atoms with Gasteiger partial charge < -0.3 is 4.42 Å². The minimum Gasteiger partial charge on any atom is -0.455 e. The van der Waals surface area contributed by atoms with Crippen molar-refractivity contribution in [1.29, 1.82) is 0 Å². The molecule has 10 rings (SSSR count). The van der Waals surface area contributed by atoms with Gasteiger partial charge in [0.05, 0.1) is 16.4 Å². The minimum atomic E-state index is -0.688. The van der Waals surface area contributed by atoms with Gasteiger partial charge in [-0.2, -0.15) is 0 Å². The first-order chi connectivity index (χ1) is 23.8. The van der Waals surface area contributed by atoms with Crippen LogP contribution in [0.25, 0.3) is 66.4 Å². The highest BCUT2D eigenvalue weighted by molar-refractivity contribution is 6.21. The minimum absolute atomic E-state index is 0.688. The maximum atomic E-state index is 6.97. The summed E-state index contributed by atoms with van der Waals surface area (Å²) in [6, 6.07) is 49.5. The molecule has 0 amide bonds. The van der Waals surface area contributed by atoms with Crippen LogP contribution in [0.1, 0.15) is 22.3 Å². The van der Waals surface area contributed by atoms with Gasteiger partial charge in [-0.1, -0.05) is 115 Å². The number of hydrogen-bond acceptors (Lipinski definition) is 4. The summed E-state index contributed by atoms with van der Waals surface area (Å²) < 4.78 is 6.97. The molecule has 4 nitrogen and oxygen atoms in total. The van der Waals surface area contributed by atoms with Crippen molar-refractivity contribution >= 4 is 33.0 Å². The van der Waals surface area contributed by atoms with Crippen molar-refractivity contribution in [2.45, 2.75) is 5.41 Å². The number of benzene rings is 6. The molecule has 1 aliphatic carbocycles. The molecule has 6 aromatic carbocycles. The molecule has 0 fully saturated rings. The smallest absolute Gasteiger partial charge is 0.144 e. The summed E-state index contributed by atoms with van der Waals surface area (Å²) in [5, 5.41) is 2.15. The number of pyridine rings is 1. The third-order valence-electron chi connectivity index (χ3n) is 9.93. The summed E-state index contributed by atoms with van der Waals surface area (Å²) in [4.78, 5) is 14.7. The molecule has 0 spiro atoms. The second-order valence-corrected chi connectivity index (χ2v) is 12.3. The third-order valence-corrected chi connectivity index (χ3v) is 9.93. The lowest BCUT2D eigenvalue weighted by atomic mass is 9.67. The molecule has 1 aliphatic rings. The molecule has 3 aromatic heterocycles. The highest BCUT2D eigenvalue weighted by Crippen LogP contribution is 2.61. The summed E-state index contributed by atoms with van der Waals surface area (Å²) >= 11 is 0. The van der Waals surface area contributed by atoms with E-state index in [1.54, 1.807) is 6.20 Å². The van der Waals surface area contributed by atoms with Crippen molar-refractivity contribution in [2.24, 2.45) is 0 Å². The van der Waals surface area contributed by atoms with Crippen LogP contribution in [-0.2, 0) is 5.41 Å². The van der Waals surface area contributed by atoms with Gasteiger partial charge in [-0.05, 0) is 57.6 Å². The van der Waals surface area contributed by atoms with Crippen molar-refractivity contribution in [3.05, 3.63) is 187 Å². The van der Waals surface area contributed by atoms with Crippen LogP contribution >= 0.6 is 0 Å². The molecule has 0 N–H and O–H groups in total. The van der Waals surface area contributed by atoms with E-state index in [9.17, 15) is 0 Å². The van der Waals surface area contributed by atoms with E-state index in [2.05, 4.69) is 132 Å². The number of aromatic nitrogens is 3. The predicted octanol–water partition coefficient (Wildman–Crippen LogP) is 10.6. The van der Waals surface area contributed by atoms with Gasteiger partial charge in [0.1, 0.15) is 11.2 Å². The van der Waals surface area contributed by atoms with Gasteiger partial charge in [0.15, 0.2) is 0 Å². The molecule has 0 atom stereocenters. The Morgan fingerprint density at radius 3 is 1.81 bits per heavy atom. The fourth-order valence-electron chi connectivity index (χ4n) is 8.02. The molecule has 9 aromatic rings. The van der Waals surface area contributed by atoms with Crippen LogP contribution in [-0.4, -0.2) is 15.0 Å². The van der Waals surface area contributed by atoms with Crippen LogP contribution in [0.5, 0.6) is 0 Å². The van der Waals surface area contributed by atoms with Gasteiger partial charge in [0.25, 0.3) is 0 Å². The fraction of sp³-hybridized carbons (Fsp3) is 0.0227. The molecule has 0 bridgehead atoms. The molecule has 0 saturated heterocycles. The van der Waals surface area contributed by atoms with E-state index in [1.807, 2.05) is 30.7 Å². The number of para-hydroxylation sites is 1. The zero-order valence-corrected chi connectivity index (χ0v) is 25.8. The molecule has 0 radical (unpaired) electrons. The Kier molecular flexibility index (Phi) is 5.75. The van der Waals surface area contributed by atoms with Crippen LogP contribution in [0.2, 0.25) is 0 Å². The van der Waals surface area contributed by atoms with Crippen LogP contribution in [0.3, 0.4) is 0 Å². The monoisotopic (exact) mass is 613 g/mol. The number of hydrogen-bond donors (Lipinski definition) is 0. The molecule has 0 aliphatic heterocycles. The molecule has 4 heteroatoms. The first-order valence-electron chi connectivity index (χ1n) is 16.2. The summed E-state index contributed by atoms with van der Waals surface area (Å²) in [6.07, 6.45) is 7.38. The zero-order valence-electron chi connectivity index (χ0n) is 25.8. The topological polar surface area (TPSA) is 51.8 Å². The van der Waals surface area contributed by atoms with E-state index in [1.165, 1.54) is 11.1 Å². The summed E-state index contributed by atoms with van der Waals surface area (Å²) in [7, 11) is 0. The molecule has 3 heterocycles. The Morgan fingerprint density at radius 1 is 0.500 bits per heavy atom. The molecule has 48 heavy (non-hydrogen) atoms. The van der Waals surface area contributed by atoms with Crippen molar-refractivity contribution in [1.82, 2.24) is 15.0 Å². The van der Waals surface area contributed by atoms with Crippen LogP contribution < -0.4 is 0 Å². The van der Waals surface area contributed by atoms with Crippen LogP contribution in [0, 0.1) is 0 Å². The molecular formula is C44H27N3O. The van der Waals surface area contributed by atoms with E-state index < -0.39 is 5.41 Å². The summed E-state index contributed by atoms with van der Waals surface area (Å²) in [6.45, 7) is 0. The number of furan rings is 1. The first-order valence-corrected chi connectivity index (χ1v) is 16.2. The van der Waals surface area contributed by atoms with Gasteiger partial charge in [-0.3, -0.25) is 15.0 Å². The summed E-state index contributed by atoms with van der Waals surface area (Å²) in [5.74, 6) is 0. The predicted molar refractivity (Wildman–Crippen MR) is 193 cm³/mol. The SMILES string of the molecule is c1ccc(-c2cc3c(c4nccnc24)-c2c(cc(-c4cccnc4)c4c2oc2ccccc24)C3(c2ccccc2)c2ccccc2)cc1. The normalized spacial score (nSPS) is 13.2. The van der Waals surface area contributed by atoms with Crippen molar-refractivity contribution in [2.75, 3.05) is 0 Å². The summed E-state index contributed by atoms with van der Waals surface area (Å²) in [5.41, 5.74) is 13.8. The van der Waals surface area contributed by atoms with Crippen molar-refractivity contribution in [3.63, 3.8) is 0 Å². The highest BCUT2D eigenvalue weighted by Gasteiger charge is 2.49. The maximum Gasteiger partial charge on any atom is 0.144 e. The van der Waals surface area contributed by atoms with E-state index in [0.717, 1.165) is 77.5 Å². The largest absolute Gasteiger partial charge is 0.455 e. The Morgan fingerprint density at radius 2 is 1.10 bits per heavy atom. The molecule has 224 valence electrons. The second-order valence-electron chi connectivity index (χ2n) is 12.3. The molecule has 0 unspecified atom stereocenters. The standard InChI is InChI=1S/C44H27N3O/c1-4-13-28(14-5-1)34-26-35-39(42-41(34)46-23-24-47-42)40-36(44(35,30-16-6-2-7-17-30)31-18-8-3-9-19-31)25-33(29-15-12-22-45-27-29)38-32-20-10-11-21-37(32)48-43(38)40/h1-27H. The van der Waals surface area contributed by atoms with Gasteiger partial charge >= 0.3 is 0 Å². The quantitative estimate of drug-likeness (QED) is 0.198. The van der Waals surface area contributed by atoms with Gasteiger partial charge in [0.2, 0.25) is 0 Å². The Labute approximate surface area is 277 Å². The molecular weight excluding hydrogens is 587 g/mol. The van der Waals surface area contributed by atoms with E-state index in [4.69, 9.17) is 14.4 Å². The van der Waals surface area contributed by atoms with Gasteiger partial charge in [-0.15, -0.1) is 0 Å². The van der Waals surface area contributed by atoms with Crippen molar-refractivity contribution < 1.29 is 4.42 Å². The lowest BCUT2D eigenvalue weighted by Gasteiger charge is -2.34. The van der Waals surface area contributed by atoms with Crippen LogP contribution in [0.15, 0.2) is 169 Å². The number of fused-ring (bicyclic) bond motifs is 9. The van der Waals surface area contributed by atoms with Crippen molar-refractivity contribution in [3.8, 4) is 33.4 Å². The lowest BCUT2D eigenvalue weighted by Crippen LogP contribution is -2.28. The fourth-order valence-corrected chi connectivity index (χ4v) is 8.02. The van der Waals surface area contributed by atoms with Gasteiger partial charge in [-0.25, -0.2) is 0 Å². The van der Waals surface area contributed by atoms with E-state index in [0.29, 0.717) is 0 Å². The van der Waals surface area contributed by atoms with Gasteiger partial charge in [0, 0.05) is 57.8 Å². The Bertz CT molecular complexity index is 2610. The number of rotatable bonds is 4. The third kappa shape index (κ3) is 3.63. The molecule has 0 saturated carbocycles.